The summed E-state index contributed by atoms with van der Waals surface area (Å²) in [4.78, 5) is 11.2. The molecule has 0 aliphatic heterocycles. The van der Waals surface area contributed by atoms with Gasteiger partial charge in [-0.15, -0.1) is 0 Å². The minimum absolute atomic E-state index is 0.111. The highest BCUT2D eigenvalue weighted by molar-refractivity contribution is 7.89. The van der Waals surface area contributed by atoms with E-state index >= 15 is 0 Å². The molecule has 20 heavy (non-hydrogen) atoms. The largest absolute Gasteiger partial charge is 0.423 e. The van der Waals surface area contributed by atoms with Crippen molar-refractivity contribution in [1.29, 1.82) is 0 Å². The minimum Gasteiger partial charge on any atom is -0.423 e. The quantitative estimate of drug-likeness (QED) is 0.620. The zero-order chi connectivity index (χ0) is 14.6. The number of benzene rings is 1. The fourth-order valence-corrected chi connectivity index (χ4v) is 2.65. The van der Waals surface area contributed by atoms with E-state index in [-0.39, 0.29) is 11.4 Å². The molecule has 0 fully saturated rings. The van der Waals surface area contributed by atoms with Gasteiger partial charge in [-0.1, -0.05) is 12.2 Å². The topological polar surface area (TPSA) is 102 Å². The second-order valence-electron chi connectivity index (χ2n) is 4.01. The van der Waals surface area contributed by atoms with Gasteiger partial charge in [0.1, 0.15) is 5.58 Å². The molecule has 0 saturated heterocycles. The number of nitrogens with one attached hydrogen (secondary N) is 1. The van der Waals surface area contributed by atoms with Crippen LogP contribution in [0.2, 0.25) is 0 Å². The lowest BCUT2D eigenvalue weighted by Crippen LogP contribution is -2.23. The van der Waals surface area contributed by atoms with Crippen LogP contribution in [-0.2, 0) is 10.0 Å². The summed E-state index contributed by atoms with van der Waals surface area (Å²) in [6.45, 7) is 0.526. The van der Waals surface area contributed by atoms with Gasteiger partial charge >= 0.3 is 5.63 Å². The Morgan fingerprint density at radius 3 is 2.75 bits per heavy atom. The zero-order valence-electron chi connectivity index (χ0n) is 10.6. The van der Waals surface area contributed by atoms with Gasteiger partial charge in [-0.25, -0.2) is 17.9 Å². The maximum Gasteiger partial charge on any atom is 0.336 e. The third-order valence-electron chi connectivity index (χ3n) is 2.60. The third-order valence-corrected chi connectivity index (χ3v) is 4.02. The van der Waals surface area contributed by atoms with E-state index in [1.54, 1.807) is 12.2 Å². The Bertz CT molecular complexity index is 793. The molecule has 106 valence electrons. The maximum absolute atomic E-state index is 12.0. The molecule has 0 atom stereocenters. The van der Waals surface area contributed by atoms with Crippen molar-refractivity contribution in [2.45, 2.75) is 4.90 Å². The number of hydrogen-bond donors (Lipinski definition) is 2. The van der Waals surface area contributed by atoms with E-state index in [1.807, 2.05) is 0 Å². The number of rotatable bonds is 5. The second kappa shape index (κ2) is 6.00. The van der Waals surface area contributed by atoms with E-state index in [1.165, 1.54) is 30.3 Å². The molecule has 1 aromatic carbocycles. The highest BCUT2D eigenvalue weighted by Gasteiger charge is 2.13. The van der Waals surface area contributed by atoms with E-state index in [2.05, 4.69) is 4.72 Å². The fourth-order valence-electron chi connectivity index (χ4n) is 1.64. The second-order valence-corrected chi connectivity index (χ2v) is 5.78. The Balaban J connectivity index is 2.30. The zero-order valence-corrected chi connectivity index (χ0v) is 11.4. The molecule has 6 nitrogen and oxygen atoms in total. The maximum atomic E-state index is 12.0. The molecular weight excluding hydrogens is 280 g/mol. The van der Waals surface area contributed by atoms with Gasteiger partial charge in [0.25, 0.3) is 0 Å². The first kappa shape index (κ1) is 14.4. The number of fused-ring (bicyclic) bond motifs is 1. The smallest absolute Gasteiger partial charge is 0.336 e. The van der Waals surface area contributed by atoms with Crippen molar-refractivity contribution in [2.24, 2.45) is 5.73 Å². The summed E-state index contributed by atoms with van der Waals surface area (Å²) in [7, 11) is -3.60. The van der Waals surface area contributed by atoms with Crippen molar-refractivity contribution in [1.82, 2.24) is 4.72 Å². The minimum atomic E-state index is -3.60. The van der Waals surface area contributed by atoms with Crippen LogP contribution >= 0.6 is 0 Å². The molecule has 0 aliphatic rings. The summed E-state index contributed by atoms with van der Waals surface area (Å²) < 4.78 is 31.4. The number of hydrogen-bond acceptors (Lipinski definition) is 5. The van der Waals surface area contributed by atoms with Crippen molar-refractivity contribution >= 4 is 21.0 Å². The third kappa shape index (κ3) is 3.32. The molecule has 1 heterocycles. The van der Waals surface area contributed by atoms with Crippen LogP contribution in [0, 0.1) is 0 Å². The van der Waals surface area contributed by atoms with Gasteiger partial charge < -0.3 is 10.2 Å². The molecular formula is C13H14N2O4S. The Morgan fingerprint density at radius 1 is 1.20 bits per heavy atom. The van der Waals surface area contributed by atoms with Crippen LogP contribution in [0.25, 0.3) is 11.0 Å². The average Bonchev–Trinajstić information content (AvgIpc) is 2.43. The molecule has 0 unspecified atom stereocenters. The molecule has 0 spiro atoms. The first-order chi connectivity index (χ1) is 9.53. The van der Waals surface area contributed by atoms with Gasteiger partial charge in [-0.3, -0.25) is 0 Å². The van der Waals surface area contributed by atoms with Crippen molar-refractivity contribution in [3.8, 4) is 0 Å². The summed E-state index contributed by atoms with van der Waals surface area (Å²) in [5.74, 6) is 0. The van der Waals surface area contributed by atoms with Crippen LogP contribution in [0.5, 0.6) is 0 Å². The highest BCUT2D eigenvalue weighted by Crippen LogP contribution is 2.17. The monoisotopic (exact) mass is 294 g/mol. The normalized spacial score (nSPS) is 12.2. The van der Waals surface area contributed by atoms with Gasteiger partial charge in [0.2, 0.25) is 10.0 Å². The first-order valence-corrected chi connectivity index (χ1v) is 7.40. The molecule has 0 aliphatic carbocycles. The summed E-state index contributed by atoms with van der Waals surface area (Å²) in [5.41, 5.74) is 5.14. The summed E-state index contributed by atoms with van der Waals surface area (Å²) in [5, 5.41) is 0.546. The van der Waals surface area contributed by atoms with Gasteiger partial charge in [0.05, 0.1) is 4.90 Å². The summed E-state index contributed by atoms with van der Waals surface area (Å²) >= 11 is 0. The predicted octanol–water partition coefficient (Wildman–Crippen LogP) is 0.586. The van der Waals surface area contributed by atoms with Gasteiger partial charge in [-0.05, 0) is 24.3 Å². The Labute approximate surface area is 116 Å². The lowest BCUT2D eigenvalue weighted by Gasteiger charge is -2.05. The van der Waals surface area contributed by atoms with Crippen LogP contribution < -0.4 is 16.1 Å². The van der Waals surface area contributed by atoms with Crippen LogP contribution in [0.3, 0.4) is 0 Å². The van der Waals surface area contributed by atoms with Crippen LogP contribution in [0.15, 0.2) is 56.6 Å². The molecule has 0 saturated carbocycles. The highest BCUT2D eigenvalue weighted by atomic mass is 32.2. The first-order valence-electron chi connectivity index (χ1n) is 5.91. The number of nitrogens with two attached hydrogens (primary N) is 1. The van der Waals surface area contributed by atoms with E-state index in [0.717, 1.165) is 0 Å². The van der Waals surface area contributed by atoms with E-state index in [0.29, 0.717) is 17.5 Å². The summed E-state index contributed by atoms with van der Waals surface area (Å²) in [6, 6.07) is 7.07. The van der Waals surface area contributed by atoms with Crippen LogP contribution in [0.1, 0.15) is 0 Å². The van der Waals surface area contributed by atoms with Crippen molar-refractivity contribution in [3.63, 3.8) is 0 Å². The van der Waals surface area contributed by atoms with E-state index < -0.39 is 15.6 Å². The molecule has 1 aromatic heterocycles. The van der Waals surface area contributed by atoms with Gasteiger partial charge in [-0.2, -0.15) is 0 Å². The molecule has 2 rings (SSSR count). The predicted molar refractivity (Wildman–Crippen MR) is 75.9 cm³/mol. The van der Waals surface area contributed by atoms with E-state index in [9.17, 15) is 13.2 Å². The van der Waals surface area contributed by atoms with Crippen molar-refractivity contribution in [3.05, 3.63) is 52.9 Å². The summed E-state index contributed by atoms with van der Waals surface area (Å²) in [6.07, 6.45) is 3.30. The standard InChI is InChI=1S/C13H14N2O4S/c14-7-1-2-8-15-20(17,18)11-4-5-12-10(9-11)3-6-13(16)19-12/h1-6,9,15H,7-8,14H2/b2-1+. The lowest BCUT2D eigenvalue weighted by atomic mass is 10.2. The molecule has 0 radical (unpaired) electrons. The van der Waals surface area contributed by atoms with Gasteiger partial charge in [0, 0.05) is 24.5 Å². The molecule has 3 N–H and O–H groups in total. The lowest BCUT2D eigenvalue weighted by molar-refractivity contribution is 0.560. The number of sulfonamides is 1. The average molecular weight is 294 g/mol. The Kier molecular flexibility index (Phi) is 4.33. The van der Waals surface area contributed by atoms with Gasteiger partial charge in [0.15, 0.2) is 0 Å². The van der Waals surface area contributed by atoms with Crippen LogP contribution in [0.4, 0.5) is 0 Å². The SMILES string of the molecule is NC/C=C/CNS(=O)(=O)c1ccc2oc(=O)ccc2c1. The molecule has 2 aromatic rings. The Hall–Kier alpha value is -1.96. The Morgan fingerprint density at radius 2 is 2.00 bits per heavy atom. The van der Waals surface area contributed by atoms with Crippen molar-refractivity contribution < 1.29 is 12.8 Å². The molecule has 0 bridgehead atoms. The van der Waals surface area contributed by atoms with Crippen molar-refractivity contribution in [2.75, 3.05) is 13.1 Å². The van der Waals surface area contributed by atoms with Crippen LogP contribution in [-0.4, -0.2) is 21.5 Å². The molecule has 7 heteroatoms. The van der Waals surface area contributed by atoms with E-state index in [4.69, 9.17) is 10.2 Å². The molecule has 0 amide bonds. The fraction of sp³-hybridized carbons (Fsp3) is 0.154.